The molecule has 17 heavy (non-hydrogen) atoms. The van der Waals surface area contributed by atoms with Crippen molar-refractivity contribution in [2.45, 2.75) is 12.1 Å². The van der Waals surface area contributed by atoms with E-state index in [-0.39, 0.29) is 6.61 Å². The van der Waals surface area contributed by atoms with Crippen LogP contribution in [0.4, 0.5) is 0 Å². The molecule has 0 aliphatic heterocycles. The second-order valence-electron chi connectivity index (χ2n) is 3.61. The number of hydrogen-bond acceptors (Lipinski definition) is 5. The van der Waals surface area contributed by atoms with Crippen LogP contribution < -0.4 is 15.2 Å². The molecule has 1 aromatic rings. The summed E-state index contributed by atoms with van der Waals surface area (Å²) in [5, 5.41) is 9.25. The normalized spacial score (nSPS) is 14.1. The topological polar surface area (TPSA) is 73.9 Å². The summed E-state index contributed by atoms with van der Waals surface area (Å²) in [5.74, 6) is 1.16. The van der Waals surface area contributed by atoms with Crippen molar-refractivity contribution in [2.24, 2.45) is 5.73 Å². The number of benzene rings is 1. The summed E-state index contributed by atoms with van der Waals surface area (Å²) in [6.07, 6.45) is -0.522. The highest BCUT2D eigenvalue weighted by Gasteiger charge is 2.20. The molecule has 2 atom stereocenters. The maximum absolute atomic E-state index is 9.25. The molecule has 0 amide bonds. The second kappa shape index (κ2) is 7.11. The molecule has 2 unspecified atom stereocenters. The third-order valence-corrected chi connectivity index (χ3v) is 2.36. The minimum Gasteiger partial charge on any atom is -0.493 e. The highest BCUT2D eigenvalue weighted by molar-refractivity contribution is 5.39. The Bertz CT molecular complexity index is 332. The Morgan fingerprint density at radius 3 is 2.41 bits per heavy atom. The molecule has 1 rings (SSSR count). The largest absolute Gasteiger partial charge is 0.493 e. The number of aliphatic hydroxyl groups excluding tert-OH is 1. The third-order valence-electron chi connectivity index (χ3n) is 2.36. The van der Waals surface area contributed by atoms with E-state index in [9.17, 15) is 5.11 Å². The fourth-order valence-electron chi connectivity index (χ4n) is 1.44. The van der Waals surface area contributed by atoms with Crippen LogP contribution in [0.5, 0.6) is 11.5 Å². The van der Waals surface area contributed by atoms with Crippen LogP contribution in [0.3, 0.4) is 0 Å². The minimum atomic E-state index is -0.522. The number of rotatable bonds is 7. The molecule has 0 saturated carbocycles. The zero-order valence-electron chi connectivity index (χ0n) is 10.1. The van der Waals surface area contributed by atoms with E-state index in [0.717, 1.165) is 0 Å². The zero-order chi connectivity index (χ0) is 12.7. The average molecular weight is 241 g/mol. The Balaban J connectivity index is 2.73. The molecular formula is C12H19NO4. The Morgan fingerprint density at radius 1 is 1.24 bits per heavy atom. The van der Waals surface area contributed by atoms with Crippen molar-refractivity contribution < 1.29 is 19.3 Å². The fourth-order valence-corrected chi connectivity index (χ4v) is 1.44. The molecule has 1 aromatic carbocycles. The second-order valence-corrected chi connectivity index (χ2v) is 3.61. The molecule has 0 spiro atoms. The first kappa shape index (κ1) is 13.8. The van der Waals surface area contributed by atoms with Gasteiger partial charge < -0.3 is 25.1 Å². The van der Waals surface area contributed by atoms with Crippen LogP contribution in [0.25, 0.3) is 0 Å². The van der Waals surface area contributed by atoms with Gasteiger partial charge in [0, 0.05) is 7.11 Å². The van der Waals surface area contributed by atoms with Gasteiger partial charge in [-0.1, -0.05) is 12.1 Å². The summed E-state index contributed by atoms with van der Waals surface area (Å²) in [7, 11) is 3.11. The first-order valence-electron chi connectivity index (χ1n) is 5.38. The van der Waals surface area contributed by atoms with Crippen molar-refractivity contribution in [3.63, 3.8) is 0 Å². The lowest BCUT2D eigenvalue weighted by Gasteiger charge is -2.23. The van der Waals surface area contributed by atoms with Crippen molar-refractivity contribution in [1.82, 2.24) is 0 Å². The Kier molecular flexibility index (Phi) is 5.76. The monoisotopic (exact) mass is 241 g/mol. The van der Waals surface area contributed by atoms with E-state index >= 15 is 0 Å². The molecule has 0 aliphatic carbocycles. The Labute approximate surface area is 101 Å². The van der Waals surface area contributed by atoms with E-state index in [2.05, 4.69) is 0 Å². The van der Waals surface area contributed by atoms with Crippen LogP contribution in [-0.2, 0) is 4.74 Å². The van der Waals surface area contributed by atoms with Gasteiger partial charge in [0.25, 0.3) is 0 Å². The fraction of sp³-hybridized carbons (Fsp3) is 0.500. The SMILES string of the molecule is COCC(N)C(CO)Oc1ccccc1OC. The molecule has 0 saturated heterocycles. The van der Waals surface area contributed by atoms with E-state index in [1.165, 1.54) is 0 Å². The van der Waals surface area contributed by atoms with Crippen molar-refractivity contribution in [3.05, 3.63) is 24.3 Å². The van der Waals surface area contributed by atoms with Gasteiger partial charge in [0.15, 0.2) is 11.5 Å². The van der Waals surface area contributed by atoms with Gasteiger partial charge in [0.1, 0.15) is 6.10 Å². The summed E-state index contributed by atoms with van der Waals surface area (Å²) < 4.78 is 15.7. The quantitative estimate of drug-likeness (QED) is 0.723. The van der Waals surface area contributed by atoms with Gasteiger partial charge in [-0.25, -0.2) is 0 Å². The smallest absolute Gasteiger partial charge is 0.161 e. The van der Waals surface area contributed by atoms with Gasteiger partial charge in [0.05, 0.1) is 26.4 Å². The first-order chi connectivity index (χ1) is 8.22. The van der Waals surface area contributed by atoms with Gasteiger partial charge in [-0.2, -0.15) is 0 Å². The van der Waals surface area contributed by atoms with Crippen molar-refractivity contribution in [3.8, 4) is 11.5 Å². The lowest BCUT2D eigenvalue weighted by atomic mass is 10.2. The Hall–Kier alpha value is -1.30. The zero-order valence-corrected chi connectivity index (χ0v) is 10.1. The molecule has 0 radical (unpaired) electrons. The predicted molar refractivity (Wildman–Crippen MR) is 64.3 cm³/mol. The van der Waals surface area contributed by atoms with Crippen LogP contribution in [0.15, 0.2) is 24.3 Å². The van der Waals surface area contributed by atoms with Crippen molar-refractivity contribution in [2.75, 3.05) is 27.4 Å². The number of para-hydroxylation sites is 2. The molecule has 96 valence electrons. The molecule has 0 bridgehead atoms. The highest BCUT2D eigenvalue weighted by Crippen LogP contribution is 2.27. The average Bonchev–Trinajstić information content (AvgIpc) is 2.36. The van der Waals surface area contributed by atoms with Gasteiger partial charge in [0.2, 0.25) is 0 Å². The van der Waals surface area contributed by atoms with E-state index in [1.54, 1.807) is 26.4 Å². The van der Waals surface area contributed by atoms with Crippen LogP contribution in [-0.4, -0.2) is 44.7 Å². The summed E-state index contributed by atoms with van der Waals surface area (Å²) >= 11 is 0. The summed E-state index contributed by atoms with van der Waals surface area (Å²) in [6, 6.07) is 6.82. The molecule has 5 nitrogen and oxygen atoms in total. The van der Waals surface area contributed by atoms with E-state index < -0.39 is 12.1 Å². The standard InChI is InChI=1S/C12H19NO4/c1-15-8-9(13)12(7-14)17-11-6-4-3-5-10(11)16-2/h3-6,9,12,14H,7-8,13H2,1-2H3. The van der Waals surface area contributed by atoms with Crippen LogP contribution in [0.2, 0.25) is 0 Å². The summed E-state index contributed by atoms with van der Waals surface area (Å²) in [4.78, 5) is 0. The van der Waals surface area contributed by atoms with Gasteiger partial charge in [-0.15, -0.1) is 0 Å². The minimum absolute atomic E-state index is 0.178. The molecule has 0 aliphatic rings. The van der Waals surface area contributed by atoms with Gasteiger partial charge in [-0.05, 0) is 12.1 Å². The van der Waals surface area contributed by atoms with E-state index in [0.29, 0.717) is 18.1 Å². The number of methoxy groups -OCH3 is 2. The van der Waals surface area contributed by atoms with E-state index in [4.69, 9.17) is 19.9 Å². The predicted octanol–water partition coefficient (Wildman–Crippen LogP) is 0.409. The highest BCUT2D eigenvalue weighted by atomic mass is 16.5. The van der Waals surface area contributed by atoms with E-state index in [1.807, 2.05) is 12.1 Å². The maximum Gasteiger partial charge on any atom is 0.161 e. The maximum atomic E-state index is 9.25. The van der Waals surface area contributed by atoms with Crippen LogP contribution in [0, 0.1) is 0 Å². The van der Waals surface area contributed by atoms with Crippen LogP contribution in [0.1, 0.15) is 0 Å². The number of nitrogens with two attached hydrogens (primary N) is 1. The molecular weight excluding hydrogens is 222 g/mol. The van der Waals surface area contributed by atoms with Crippen LogP contribution >= 0.6 is 0 Å². The van der Waals surface area contributed by atoms with Gasteiger partial charge >= 0.3 is 0 Å². The summed E-state index contributed by atoms with van der Waals surface area (Å²) in [6.45, 7) is 0.142. The van der Waals surface area contributed by atoms with Crippen molar-refractivity contribution >= 4 is 0 Å². The molecule has 0 aromatic heterocycles. The lowest BCUT2D eigenvalue weighted by Crippen LogP contribution is -2.44. The summed E-state index contributed by atoms with van der Waals surface area (Å²) in [5.41, 5.74) is 5.83. The number of hydrogen-bond donors (Lipinski definition) is 2. The van der Waals surface area contributed by atoms with Crippen molar-refractivity contribution in [1.29, 1.82) is 0 Å². The Morgan fingerprint density at radius 2 is 1.88 bits per heavy atom. The molecule has 3 N–H and O–H groups in total. The van der Waals surface area contributed by atoms with Gasteiger partial charge in [-0.3, -0.25) is 0 Å². The number of aliphatic hydroxyl groups is 1. The molecule has 5 heteroatoms. The number of ether oxygens (including phenoxy) is 3. The lowest BCUT2D eigenvalue weighted by molar-refractivity contribution is 0.0587. The third kappa shape index (κ3) is 3.89. The first-order valence-corrected chi connectivity index (χ1v) is 5.38. The molecule has 0 heterocycles. The molecule has 0 fully saturated rings.